The fraction of sp³-hybridized carbons (Fsp3) is 0.615. The second-order valence-corrected chi connectivity index (χ2v) is 5.91. The van der Waals surface area contributed by atoms with Crippen molar-refractivity contribution < 1.29 is 9.31 Å². The van der Waals surface area contributed by atoms with Gasteiger partial charge in [-0.05, 0) is 40.2 Å². The van der Waals surface area contributed by atoms with Crippen LogP contribution in [0.25, 0.3) is 0 Å². The molecule has 6 heteroatoms. The second kappa shape index (κ2) is 4.78. The Bertz CT molecular complexity index is 509. The number of H-pyrrole nitrogens is 1. The lowest BCUT2D eigenvalue weighted by Gasteiger charge is -2.32. The first-order valence-electron chi connectivity index (χ1n) is 6.48. The van der Waals surface area contributed by atoms with Crippen molar-refractivity contribution >= 4 is 12.6 Å². The molecule has 1 saturated heterocycles. The van der Waals surface area contributed by atoms with Gasteiger partial charge in [-0.2, -0.15) is 0 Å². The minimum Gasteiger partial charge on any atom is -0.399 e. The van der Waals surface area contributed by atoms with Crippen molar-refractivity contribution in [3.63, 3.8) is 0 Å². The molecule has 0 saturated carbocycles. The third-order valence-electron chi connectivity index (χ3n) is 3.90. The molecule has 104 valence electrons. The molecule has 1 aliphatic rings. The van der Waals surface area contributed by atoms with Gasteiger partial charge in [-0.25, -0.2) is 0 Å². The number of hydrogen-bond donors (Lipinski definition) is 2. The van der Waals surface area contributed by atoms with Gasteiger partial charge in [0.05, 0.1) is 11.2 Å². The third kappa shape index (κ3) is 2.61. The summed E-state index contributed by atoms with van der Waals surface area (Å²) in [6, 6.07) is 1.83. The Labute approximate surface area is 113 Å². The fourth-order valence-electron chi connectivity index (χ4n) is 1.99. The van der Waals surface area contributed by atoms with Crippen molar-refractivity contribution in [3.05, 3.63) is 28.2 Å². The van der Waals surface area contributed by atoms with Gasteiger partial charge in [0.25, 0.3) is 5.56 Å². The standard InChI is InChI=1S/C13H21BN2O3/c1-12(2)13(3,4)19-14(18-12)10-6-9(7-15-5)11(17)16-8-10/h6,8,15H,7H2,1-5H3,(H,16,17). The lowest BCUT2D eigenvalue weighted by Crippen LogP contribution is -2.41. The van der Waals surface area contributed by atoms with Crippen molar-refractivity contribution in [3.8, 4) is 0 Å². The Morgan fingerprint density at radius 3 is 2.37 bits per heavy atom. The number of aromatic amines is 1. The van der Waals surface area contributed by atoms with Gasteiger partial charge in [0.15, 0.2) is 0 Å². The van der Waals surface area contributed by atoms with E-state index in [4.69, 9.17) is 9.31 Å². The highest BCUT2D eigenvalue weighted by molar-refractivity contribution is 6.62. The van der Waals surface area contributed by atoms with E-state index in [2.05, 4.69) is 10.3 Å². The molecule has 0 amide bonds. The summed E-state index contributed by atoms with van der Waals surface area (Å²) in [6.45, 7) is 8.55. The summed E-state index contributed by atoms with van der Waals surface area (Å²) in [5.41, 5.74) is 0.668. The maximum atomic E-state index is 11.7. The van der Waals surface area contributed by atoms with Crippen molar-refractivity contribution in [1.29, 1.82) is 0 Å². The van der Waals surface area contributed by atoms with Crippen molar-refractivity contribution in [1.82, 2.24) is 10.3 Å². The predicted molar refractivity (Wildman–Crippen MR) is 75.5 cm³/mol. The van der Waals surface area contributed by atoms with Gasteiger partial charge < -0.3 is 19.6 Å². The van der Waals surface area contributed by atoms with Crippen molar-refractivity contribution in [2.24, 2.45) is 0 Å². The summed E-state index contributed by atoms with van der Waals surface area (Å²) in [5, 5.41) is 2.97. The summed E-state index contributed by atoms with van der Waals surface area (Å²) >= 11 is 0. The van der Waals surface area contributed by atoms with E-state index in [1.165, 1.54) is 0 Å². The second-order valence-electron chi connectivity index (χ2n) is 5.91. The molecular weight excluding hydrogens is 243 g/mol. The van der Waals surface area contributed by atoms with E-state index in [0.29, 0.717) is 12.1 Å². The van der Waals surface area contributed by atoms with Gasteiger partial charge in [-0.1, -0.05) is 6.07 Å². The SMILES string of the molecule is CNCc1cc(B2OC(C)(C)C(C)(C)O2)c[nH]c1=O. The molecule has 0 bridgehead atoms. The molecule has 0 radical (unpaired) electrons. The van der Waals surface area contributed by atoms with Crippen LogP contribution < -0.4 is 16.3 Å². The molecule has 1 aliphatic heterocycles. The molecule has 0 unspecified atom stereocenters. The number of hydrogen-bond acceptors (Lipinski definition) is 4. The zero-order valence-electron chi connectivity index (χ0n) is 12.2. The van der Waals surface area contributed by atoms with Crippen LogP contribution in [0.3, 0.4) is 0 Å². The molecule has 0 atom stereocenters. The Morgan fingerprint density at radius 2 is 1.84 bits per heavy atom. The highest BCUT2D eigenvalue weighted by Crippen LogP contribution is 2.36. The minimum absolute atomic E-state index is 0.0883. The zero-order chi connectivity index (χ0) is 14.3. The Balaban J connectivity index is 2.30. The third-order valence-corrected chi connectivity index (χ3v) is 3.90. The van der Waals surface area contributed by atoms with Crippen LogP contribution in [-0.4, -0.2) is 30.4 Å². The first kappa shape index (κ1) is 14.3. The Morgan fingerprint density at radius 1 is 1.26 bits per heavy atom. The van der Waals surface area contributed by atoms with Gasteiger partial charge in [0, 0.05) is 18.3 Å². The van der Waals surface area contributed by atoms with Gasteiger partial charge in [0.1, 0.15) is 0 Å². The van der Waals surface area contributed by atoms with E-state index < -0.39 is 7.12 Å². The summed E-state index contributed by atoms with van der Waals surface area (Å²) in [5.74, 6) is 0. The summed E-state index contributed by atoms with van der Waals surface area (Å²) < 4.78 is 11.9. The average Bonchev–Trinajstić information content (AvgIpc) is 2.51. The van der Waals surface area contributed by atoms with E-state index in [-0.39, 0.29) is 16.8 Å². The highest BCUT2D eigenvalue weighted by Gasteiger charge is 2.51. The topological polar surface area (TPSA) is 63.4 Å². The van der Waals surface area contributed by atoms with E-state index in [0.717, 1.165) is 5.46 Å². The van der Waals surface area contributed by atoms with Crippen molar-refractivity contribution in [2.75, 3.05) is 7.05 Å². The molecule has 19 heavy (non-hydrogen) atoms. The first-order valence-corrected chi connectivity index (χ1v) is 6.48. The van der Waals surface area contributed by atoms with Crippen LogP contribution >= 0.6 is 0 Å². The van der Waals surface area contributed by atoms with Crippen LogP contribution in [-0.2, 0) is 15.9 Å². The number of nitrogens with one attached hydrogen (secondary N) is 2. The van der Waals surface area contributed by atoms with Gasteiger partial charge in [-0.3, -0.25) is 4.79 Å². The van der Waals surface area contributed by atoms with Crippen LogP contribution in [0, 0.1) is 0 Å². The maximum absolute atomic E-state index is 11.7. The van der Waals surface area contributed by atoms with E-state index in [9.17, 15) is 4.79 Å². The van der Waals surface area contributed by atoms with E-state index in [1.807, 2.05) is 33.8 Å². The highest BCUT2D eigenvalue weighted by atomic mass is 16.7. The zero-order valence-corrected chi connectivity index (χ0v) is 12.2. The average molecular weight is 264 g/mol. The number of rotatable bonds is 3. The molecule has 0 aliphatic carbocycles. The van der Waals surface area contributed by atoms with Crippen molar-refractivity contribution in [2.45, 2.75) is 45.4 Å². The van der Waals surface area contributed by atoms with Gasteiger partial charge in [-0.15, -0.1) is 0 Å². The number of aromatic nitrogens is 1. The van der Waals surface area contributed by atoms with Crippen LogP contribution in [0.15, 0.2) is 17.1 Å². The molecule has 1 fully saturated rings. The first-order chi connectivity index (χ1) is 8.77. The Hall–Kier alpha value is -1.11. The Kier molecular flexibility index (Phi) is 3.60. The lowest BCUT2D eigenvalue weighted by molar-refractivity contribution is 0.00578. The molecule has 2 rings (SSSR count). The molecule has 2 N–H and O–H groups in total. The molecule has 5 nitrogen and oxygen atoms in total. The molecule has 0 aromatic carbocycles. The van der Waals surface area contributed by atoms with Crippen LogP contribution in [0.5, 0.6) is 0 Å². The molecule has 2 heterocycles. The normalized spacial score (nSPS) is 20.8. The molecular formula is C13H21BN2O3. The van der Waals surface area contributed by atoms with Crippen LogP contribution in [0.4, 0.5) is 0 Å². The summed E-state index contributed by atoms with van der Waals surface area (Å²) in [4.78, 5) is 14.4. The summed E-state index contributed by atoms with van der Waals surface area (Å²) in [7, 11) is 1.36. The molecule has 0 spiro atoms. The molecule has 1 aromatic rings. The van der Waals surface area contributed by atoms with Gasteiger partial charge in [0.2, 0.25) is 0 Å². The monoisotopic (exact) mass is 264 g/mol. The lowest BCUT2D eigenvalue weighted by atomic mass is 9.80. The largest absolute Gasteiger partial charge is 0.496 e. The van der Waals surface area contributed by atoms with Gasteiger partial charge >= 0.3 is 7.12 Å². The van der Waals surface area contributed by atoms with Crippen LogP contribution in [0.1, 0.15) is 33.3 Å². The predicted octanol–water partition coefficient (Wildman–Crippen LogP) is 0.393. The fourth-order valence-corrected chi connectivity index (χ4v) is 1.99. The smallest absolute Gasteiger partial charge is 0.399 e. The molecule has 1 aromatic heterocycles. The van der Waals surface area contributed by atoms with E-state index in [1.54, 1.807) is 13.2 Å². The number of pyridine rings is 1. The minimum atomic E-state index is -0.447. The van der Waals surface area contributed by atoms with Crippen LogP contribution in [0.2, 0.25) is 0 Å². The maximum Gasteiger partial charge on any atom is 0.496 e. The summed E-state index contributed by atoms with van der Waals surface area (Å²) in [6.07, 6.45) is 1.66. The van der Waals surface area contributed by atoms with E-state index >= 15 is 0 Å². The quantitative estimate of drug-likeness (QED) is 0.775.